The van der Waals surface area contributed by atoms with E-state index in [9.17, 15) is 4.79 Å². The number of amides is 1. The molecule has 6 heteroatoms. The highest BCUT2D eigenvalue weighted by Gasteiger charge is 2.13. The zero-order valence-electron chi connectivity index (χ0n) is 17.5. The van der Waals surface area contributed by atoms with E-state index in [0.29, 0.717) is 34.2 Å². The Kier molecular flexibility index (Phi) is 6.80. The van der Waals surface area contributed by atoms with Crippen LogP contribution < -0.4 is 24.3 Å². The maximum atomic E-state index is 12.8. The van der Waals surface area contributed by atoms with E-state index in [2.05, 4.69) is 5.32 Å². The Balaban J connectivity index is 1.79. The van der Waals surface area contributed by atoms with Crippen LogP contribution in [0.4, 0.5) is 5.69 Å². The first-order chi connectivity index (χ1) is 14.5. The van der Waals surface area contributed by atoms with E-state index in [-0.39, 0.29) is 12.5 Å². The molecule has 156 valence electrons. The van der Waals surface area contributed by atoms with Crippen molar-refractivity contribution in [2.24, 2.45) is 0 Å². The fourth-order valence-electron chi connectivity index (χ4n) is 3.00. The Hall–Kier alpha value is -3.67. The molecule has 0 unspecified atom stereocenters. The van der Waals surface area contributed by atoms with Crippen LogP contribution in [0.15, 0.2) is 60.7 Å². The molecule has 0 atom stereocenters. The van der Waals surface area contributed by atoms with Crippen LogP contribution in [-0.2, 0) is 6.61 Å². The van der Waals surface area contributed by atoms with E-state index < -0.39 is 0 Å². The summed E-state index contributed by atoms with van der Waals surface area (Å²) in [4.78, 5) is 12.8. The minimum atomic E-state index is -0.246. The van der Waals surface area contributed by atoms with Crippen LogP contribution in [0.3, 0.4) is 0 Å². The number of rotatable bonds is 8. The zero-order chi connectivity index (χ0) is 21.5. The Labute approximate surface area is 176 Å². The highest BCUT2D eigenvalue weighted by atomic mass is 16.5. The summed E-state index contributed by atoms with van der Waals surface area (Å²) in [6, 6.07) is 18.2. The van der Waals surface area contributed by atoms with Gasteiger partial charge in [0.15, 0.2) is 0 Å². The van der Waals surface area contributed by atoms with Gasteiger partial charge in [-0.25, -0.2) is 0 Å². The van der Waals surface area contributed by atoms with Crippen LogP contribution in [0.1, 0.15) is 21.5 Å². The summed E-state index contributed by atoms with van der Waals surface area (Å²) in [6.07, 6.45) is 0. The largest absolute Gasteiger partial charge is 0.497 e. The van der Waals surface area contributed by atoms with E-state index in [4.69, 9.17) is 18.9 Å². The molecule has 0 aliphatic carbocycles. The Morgan fingerprint density at radius 2 is 1.57 bits per heavy atom. The highest BCUT2D eigenvalue weighted by molar-refractivity contribution is 6.05. The SMILES string of the molecule is COc1cccc(OCc2cc(C(=O)Nc3cc(C)ccc3OC)ccc2OC)c1. The lowest BCUT2D eigenvalue weighted by atomic mass is 10.1. The maximum absolute atomic E-state index is 12.8. The van der Waals surface area contributed by atoms with Crippen LogP contribution in [0.2, 0.25) is 0 Å². The van der Waals surface area contributed by atoms with Gasteiger partial charge in [-0.1, -0.05) is 12.1 Å². The van der Waals surface area contributed by atoms with E-state index in [0.717, 1.165) is 11.1 Å². The summed E-state index contributed by atoms with van der Waals surface area (Å²) in [6.45, 7) is 2.20. The molecule has 3 rings (SSSR count). The van der Waals surface area contributed by atoms with Crippen molar-refractivity contribution in [3.8, 4) is 23.0 Å². The molecular weight excluding hydrogens is 382 g/mol. The predicted molar refractivity (Wildman–Crippen MR) is 116 cm³/mol. The lowest BCUT2D eigenvalue weighted by Crippen LogP contribution is -2.13. The van der Waals surface area contributed by atoms with Gasteiger partial charge in [-0.3, -0.25) is 4.79 Å². The van der Waals surface area contributed by atoms with Crippen molar-refractivity contribution in [3.63, 3.8) is 0 Å². The van der Waals surface area contributed by atoms with Gasteiger partial charge in [0.25, 0.3) is 5.91 Å². The van der Waals surface area contributed by atoms with Gasteiger partial charge in [0.1, 0.15) is 29.6 Å². The van der Waals surface area contributed by atoms with Crippen molar-refractivity contribution in [3.05, 3.63) is 77.4 Å². The van der Waals surface area contributed by atoms with Crippen LogP contribution in [-0.4, -0.2) is 27.2 Å². The van der Waals surface area contributed by atoms with Gasteiger partial charge in [0.05, 0.1) is 27.0 Å². The second-order valence-corrected chi connectivity index (χ2v) is 6.65. The molecule has 0 fully saturated rings. The minimum absolute atomic E-state index is 0.241. The number of ether oxygens (including phenoxy) is 4. The molecule has 0 aliphatic rings. The van der Waals surface area contributed by atoms with Gasteiger partial charge in [-0.05, 0) is 55.0 Å². The zero-order valence-corrected chi connectivity index (χ0v) is 17.5. The van der Waals surface area contributed by atoms with Gasteiger partial charge < -0.3 is 24.3 Å². The van der Waals surface area contributed by atoms with E-state index in [1.807, 2.05) is 43.3 Å². The number of carbonyl (C=O) groups is 1. The van der Waals surface area contributed by atoms with E-state index in [1.54, 1.807) is 45.6 Å². The summed E-state index contributed by atoms with van der Waals surface area (Å²) >= 11 is 0. The Bertz CT molecular complexity index is 1030. The predicted octanol–water partition coefficient (Wildman–Crippen LogP) is 4.85. The van der Waals surface area contributed by atoms with Crippen LogP contribution in [0, 0.1) is 6.92 Å². The minimum Gasteiger partial charge on any atom is -0.497 e. The molecule has 3 aromatic carbocycles. The van der Waals surface area contributed by atoms with Crippen LogP contribution in [0.5, 0.6) is 23.0 Å². The molecule has 0 spiro atoms. The molecule has 3 aromatic rings. The smallest absolute Gasteiger partial charge is 0.255 e. The lowest BCUT2D eigenvalue weighted by Gasteiger charge is -2.14. The number of anilines is 1. The average Bonchev–Trinajstić information content (AvgIpc) is 2.77. The summed E-state index contributed by atoms with van der Waals surface area (Å²) in [5.74, 6) is 2.37. The molecule has 1 N–H and O–H groups in total. The maximum Gasteiger partial charge on any atom is 0.255 e. The topological polar surface area (TPSA) is 66.0 Å². The van der Waals surface area contributed by atoms with Crippen molar-refractivity contribution in [1.29, 1.82) is 0 Å². The van der Waals surface area contributed by atoms with E-state index in [1.165, 1.54) is 0 Å². The lowest BCUT2D eigenvalue weighted by molar-refractivity contribution is 0.102. The van der Waals surface area contributed by atoms with Gasteiger partial charge >= 0.3 is 0 Å². The number of methoxy groups -OCH3 is 3. The molecule has 0 saturated carbocycles. The number of benzene rings is 3. The summed E-state index contributed by atoms with van der Waals surface area (Å²) in [7, 11) is 4.76. The standard InChI is InChI=1S/C24H25NO5/c1-16-8-10-23(29-4)21(12-16)25-24(26)17-9-11-22(28-3)18(13-17)15-30-20-7-5-6-19(14-20)27-2/h5-14H,15H2,1-4H3,(H,25,26). The van der Waals surface area contributed by atoms with Gasteiger partial charge in [-0.15, -0.1) is 0 Å². The monoisotopic (exact) mass is 407 g/mol. The number of aryl methyl sites for hydroxylation is 1. The fraction of sp³-hybridized carbons (Fsp3) is 0.208. The molecule has 6 nitrogen and oxygen atoms in total. The number of nitrogens with one attached hydrogen (secondary N) is 1. The quantitative estimate of drug-likeness (QED) is 0.578. The molecule has 0 saturated heterocycles. The first-order valence-electron chi connectivity index (χ1n) is 9.44. The molecule has 0 heterocycles. The van der Waals surface area contributed by atoms with Gasteiger partial charge in [0.2, 0.25) is 0 Å². The van der Waals surface area contributed by atoms with Crippen molar-refractivity contribution >= 4 is 11.6 Å². The third-order valence-electron chi connectivity index (χ3n) is 4.58. The summed E-state index contributed by atoms with van der Waals surface area (Å²) in [5, 5.41) is 2.91. The first-order valence-corrected chi connectivity index (χ1v) is 9.44. The number of carbonyl (C=O) groups excluding carboxylic acids is 1. The van der Waals surface area contributed by atoms with Crippen molar-refractivity contribution < 1.29 is 23.7 Å². The fourth-order valence-corrected chi connectivity index (χ4v) is 3.00. The highest BCUT2D eigenvalue weighted by Crippen LogP contribution is 2.27. The normalized spacial score (nSPS) is 10.3. The van der Waals surface area contributed by atoms with Gasteiger partial charge in [-0.2, -0.15) is 0 Å². The average molecular weight is 407 g/mol. The van der Waals surface area contributed by atoms with E-state index >= 15 is 0 Å². The second kappa shape index (κ2) is 9.69. The van der Waals surface area contributed by atoms with Gasteiger partial charge in [0, 0.05) is 17.2 Å². The Morgan fingerprint density at radius 3 is 2.30 bits per heavy atom. The third kappa shape index (κ3) is 5.03. The second-order valence-electron chi connectivity index (χ2n) is 6.65. The number of hydrogen-bond acceptors (Lipinski definition) is 5. The summed E-state index contributed by atoms with van der Waals surface area (Å²) < 4.78 is 21.9. The molecule has 0 radical (unpaired) electrons. The molecule has 0 aliphatic heterocycles. The van der Waals surface area contributed by atoms with Crippen molar-refractivity contribution in [1.82, 2.24) is 0 Å². The third-order valence-corrected chi connectivity index (χ3v) is 4.58. The first kappa shape index (κ1) is 21.0. The number of hydrogen-bond donors (Lipinski definition) is 1. The molecule has 0 bridgehead atoms. The van der Waals surface area contributed by atoms with Crippen LogP contribution >= 0.6 is 0 Å². The molecule has 0 aromatic heterocycles. The van der Waals surface area contributed by atoms with Crippen LogP contribution in [0.25, 0.3) is 0 Å². The molecule has 1 amide bonds. The Morgan fingerprint density at radius 1 is 0.833 bits per heavy atom. The molecule has 30 heavy (non-hydrogen) atoms. The summed E-state index contributed by atoms with van der Waals surface area (Å²) in [5.41, 5.74) is 2.88. The van der Waals surface area contributed by atoms with Crippen molar-refractivity contribution in [2.75, 3.05) is 26.6 Å². The van der Waals surface area contributed by atoms with Crippen molar-refractivity contribution in [2.45, 2.75) is 13.5 Å². The molecular formula is C24H25NO5.